The number of unbranched alkanes of at least 4 members (excludes halogenated alkanes) is 1. The van der Waals surface area contributed by atoms with Crippen molar-refractivity contribution < 1.29 is 22.4 Å². The zero-order valence-corrected chi connectivity index (χ0v) is 6.79. The van der Waals surface area contributed by atoms with E-state index in [4.69, 9.17) is 5.11 Å². The van der Waals surface area contributed by atoms with Crippen molar-refractivity contribution in [3.8, 4) is 0 Å². The Bertz CT molecular complexity index is 19.2. The second-order valence-electron chi connectivity index (χ2n) is 1.08. The molecule has 1 nitrogen and oxygen atoms in total. The second kappa shape index (κ2) is 15.8. The van der Waals surface area contributed by atoms with E-state index in [9.17, 15) is 0 Å². The summed E-state index contributed by atoms with van der Waals surface area (Å²) >= 11 is 1.82. The number of hydrogen-bond acceptors (Lipinski definition) is 1. The monoisotopic (exact) mass is 211 g/mol. The fourth-order valence-electron chi connectivity index (χ4n) is 0.158. The maximum absolute atomic E-state index is 8.07. The van der Waals surface area contributed by atoms with Gasteiger partial charge >= 0.3 is 27.0 Å². The molecule has 0 aromatic heterocycles. The van der Waals surface area contributed by atoms with E-state index in [0.717, 1.165) is 12.8 Å². The van der Waals surface area contributed by atoms with Gasteiger partial charge in [-0.3, -0.25) is 0 Å². The van der Waals surface area contributed by atoms with Gasteiger partial charge < -0.3 is 5.11 Å². The second-order valence-corrected chi connectivity index (χ2v) is 1.08. The first-order valence-corrected chi connectivity index (χ1v) is 4.40. The first kappa shape index (κ1) is 10.8. The van der Waals surface area contributed by atoms with Crippen LogP contribution in [0.15, 0.2) is 0 Å². The Labute approximate surface area is 58.8 Å². The van der Waals surface area contributed by atoms with Crippen molar-refractivity contribution in [2.75, 3.05) is 6.61 Å². The maximum atomic E-state index is 8.07. The molecule has 0 aromatic rings. The van der Waals surface area contributed by atoms with E-state index in [1.807, 2.05) is 17.3 Å². The number of halogens is 1. The summed E-state index contributed by atoms with van der Waals surface area (Å²) in [5, 5.41) is 8.07. The fourth-order valence-corrected chi connectivity index (χ4v) is 0.158. The molecule has 1 N–H and O–H groups in total. The van der Waals surface area contributed by atoms with Crippen molar-refractivity contribution in [1.29, 1.82) is 0 Å². The van der Waals surface area contributed by atoms with Gasteiger partial charge in [0.05, 0.1) is 0 Å². The summed E-state index contributed by atoms with van der Waals surface area (Å²) in [6.45, 7) is 2.40. The molecule has 0 amide bonds. The van der Waals surface area contributed by atoms with Crippen LogP contribution in [0.4, 0.5) is 0 Å². The minimum absolute atomic E-state index is 0.344. The molecule has 0 aliphatic heterocycles. The molecule has 0 spiro atoms. The van der Waals surface area contributed by atoms with Gasteiger partial charge in [-0.1, -0.05) is 13.3 Å². The Hall–Kier alpha value is 0.873. The number of rotatable bonds is 2. The molecule has 0 saturated carbocycles. The fraction of sp³-hybridized carbons (Fsp3) is 1.00. The molecular formula is C4H10ClORu. The van der Waals surface area contributed by atoms with Crippen LogP contribution in [-0.4, -0.2) is 11.7 Å². The van der Waals surface area contributed by atoms with Crippen molar-refractivity contribution in [1.82, 2.24) is 0 Å². The molecule has 0 saturated heterocycles. The van der Waals surface area contributed by atoms with Crippen molar-refractivity contribution in [3.05, 3.63) is 0 Å². The molecule has 0 aliphatic rings. The summed E-state index contributed by atoms with van der Waals surface area (Å²) in [5.74, 6) is 0. The Morgan fingerprint density at radius 2 is 2.00 bits per heavy atom. The summed E-state index contributed by atoms with van der Waals surface area (Å²) in [4.78, 5) is 0. The first-order valence-electron chi connectivity index (χ1n) is 2.16. The normalized spacial score (nSPS) is 6.86. The SMILES string of the molecule is CCCCO.[Cl][Ru]. The molecule has 47 valence electrons. The van der Waals surface area contributed by atoms with E-state index in [-0.39, 0.29) is 0 Å². The Morgan fingerprint density at radius 3 is 2.00 bits per heavy atom. The van der Waals surface area contributed by atoms with E-state index >= 15 is 0 Å². The molecule has 3 heteroatoms. The summed E-state index contributed by atoms with van der Waals surface area (Å²) in [5.41, 5.74) is 0. The van der Waals surface area contributed by atoms with E-state index in [1.54, 1.807) is 0 Å². The summed E-state index contributed by atoms with van der Waals surface area (Å²) in [6.07, 6.45) is 2.04. The molecule has 0 heterocycles. The van der Waals surface area contributed by atoms with Crippen LogP contribution in [0.25, 0.3) is 0 Å². The van der Waals surface area contributed by atoms with Crippen molar-refractivity contribution in [3.63, 3.8) is 0 Å². The standard InChI is InChI=1S/C4H10O.ClH.Ru/c1-2-3-4-5;;/h5H,2-4H2,1H3;1H;/q;;+1/p-1. The molecule has 0 rings (SSSR count). The zero-order valence-electron chi connectivity index (χ0n) is 4.30. The van der Waals surface area contributed by atoms with Gasteiger partial charge in [0.25, 0.3) is 0 Å². The minimum atomic E-state index is 0.344. The van der Waals surface area contributed by atoms with Crippen LogP contribution in [0.3, 0.4) is 0 Å². The van der Waals surface area contributed by atoms with Gasteiger partial charge in [-0.15, -0.1) is 0 Å². The van der Waals surface area contributed by atoms with Gasteiger partial charge in [-0.25, -0.2) is 0 Å². The van der Waals surface area contributed by atoms with E-state index in [2.05, 4.69) is 16.6 Å². The Kier molecular flexibility index (Phi) is 24.3. The van der Waals surface area contributed by atoms with Crippen LogP contribution in [0.2, 0.25) is 0 Å². The van der Waals surface area contributed by atoms with Crippen molar-refractivity contribution in [2.45, 2.75) is 19.8 Å². The number of hydrogen-bond donors (Lipinski definition) is 1. The third kappa shape index (κ3) is 19.8. The van der Waals surface area contributed by atoms with Crippen LogP contribution < -0.4 is 0 Å². The summed E-state index contributed by atoms with van der Waals surface area (Å²) in [7, 11) is 4.57. The number of aliphatic hydroxyl groups is 1. The van der Waals surface area contributed by atoms with Gasteiger partial charge in [0.15, 0.2) is 0 Å². The molecule has 0 fully saturated rings. The van der Waals surface area contributed by atoms with Crippen LogP contribution in [-0.2, 0) is 17.3 Å². The van der Waals surface area contributed by atoms with Gasteiger partial charge in [0, 0.05) is 6.61 Å². The van der Waals surface area contributed by atoms with Crippen LogP contribution in [0, 0.1) is 0 Å². The first-order chi connectivity index (χ1) is 3.41. The average Bonchev–Trinajstić information content (AvgIpc) is 1.75. The third-order valence-electron chi connectivity index (χ3n) is 0.512. The Balaban J connectivity index is 0. The molecule has 0 aromatic carbocycles. The molecular weight excluding hydrogens is 201 g/mol. The van der Waals surface area contributed by atoms with Gasteiger partial charge in [0.1, 0.15) is 0 Å². The molecule has 0 unspecified atom stereocenters. The van der Waals surface area contributed by atoms with Crippen LogP contribution in [0.1, 0.15) is 19.8 Å². The number of aliphatic hydroxyl groups excluding tert-OH is 1. The molecule has 7 heavy (non-hydrogen) atoms. The van der Waals surface area contributed by atoms with Gasteiger partial charge in [-0.05, 0) is 6.42 Å². The third-order valence-corrected chi connectivity index (χ3v) is 0.512. The quantitative estimate of drug-likeness (QED) is 0.685. The van der Waals surface area contributed by atoms with Gasteiger partial charge in [0.2, 0.25) is 0 Å². The van der Waals surface area contributed by atoms with E-state index in [1.165, 1.54) is 0 Å². The summed E-state index contributed by atoms with van der Waals surface area (Å²) < 4.78 is 0. The molecule has 0 radical (unpaired) electrons. The Morgan fingerprint density at radius 1 is 1.57 bits per heavy atom. The predicted octanol–water partition coefficient (Wildman–Crippen LogP) is 1.47. The molecule has 0 atom stereocenters. The van der Waals surface area contributed by atoms with Crippen molar-refractivity contribution in [2.24, 2.45) is 0 Å². The van der Waals surface area contributed by atoms with Crippen molar-refractivity contribution >= 4 is 9.69 Å². The van der Waals surface area contributed by atoms with E-state index < -0.39 is 0 Å². The summed E-state index contributed by atoms with van der Waals surface area (Å²) in [6, 6.07) is 0. The van der Waals surface area contributed by atoms with Crippen LogP contribution in [0.5, 0.6) is 0 Å². The van der Waals surface area contributed by atoms with Crippen LogP contribution >= 0.6 is 9.69 Å². The molecule has 0 aliphatic carbocycles. The zero-order chi connectivity index (χ0) is 6.12. The molecule has 0 bridgehead atoms. The topological polar surface area (TPSA) is 20.2 Å². The van der Waals surface area contributed by atoms with E-state index in [0.29, 0.717) is 6.61 Å². The predicted molar refractivity (Wildman–Crippen MR) is 27.8 cm³/mol. The average molecular weight is 211 g/mol. The van der Waals surface area contributed by atoms with Gasteiger partial charge in [-0.2, -0.15) is 0 Å².